The Kier molecular flexibility index (Phi) is 3.01. The summed E-state index contributed by atoms with van der Waals surface area (Å²) in [6.45, 7) is 3.72. The van der Waals surface area contributed by atoms with Crippen LogP contribution in [0.3, 0.4) is 0 Å². The topological polar surface area (TPSA) is 30.0 Å². The summed E-state index contributed by atoms with van der Waals surface area (Å²) in [5.41, 5.74) is 1.24. The monoisotopic (exact) mass is 237 g/mol. The molecule has 2 nitrogen and oxygen atoms in total. The van der Waals surface area contributed by atoms with E-state index in [1.54, 1.807) is 25.3 Å². The third-order valence-corrected chi connectivity index (χ3v) is 3.36. The van der Waals surface area contributed by atoms with Gasteiger partial charge in [-0.1, -0.05) is 12.5 Å². The predicted octanol–water partition coefficient (Wildman–Crippen LogP) is 3.54. The summed E-state index contributed by atoms with van der Waals surface area (Å²) >= 11 is 1.10. The highest BCUT2D eigenvalue weighted by Crippen LogP contribution is 2.32. The van der Waals surface area contributed by atoms with E-state index in [9.17, 15) is 9.18 Å². The maximum Gasteiger partial charge on any atom is 0.207 e. The van der Waals surface area contributed by atoms with E-state index in [2.05, 4.69) is 4.37 Å². The molecule has 1 heterocycles. The molecular weight excluding hydrogens is 225 g/mol. The van der Waals surface area contributed by atoms with Gasteiger partial charge in [0.05, 0.1) is 10.5 Å². The first-order valence-electron chi connectivity index (χ1n) is 5.12. The molecule has 1 aromatic heterocycles. The van der Waals surface area contributed by atoms with Gasteiger partial charge in [0.2, 0.25) is 5.78 Å². The van der Waals surface area contributed by atoms with Crippen molar-refractivity contribution < 1.29 is 9.18 Å². The molecule has 0 N–H and O–H groups in total. The van der Waals surface area contributed by atoms with Crippen LogP contribution in [0.25, 0.3) is 0 Å². The third kappa shape index (κ3) is 1.97. The molecule has 4 heteroatoms. The van der Waals surface area contributed by atoms with Crippen LogP contribution in [0.1, 0.15) is 29.9 Å². The molecule has 1 unspecified atom stereocenters. The minimum absolute atomic E-state index is 0.195. The normalized spacial score (nSPS) is 20.9. The molecule has 1 aliphatic rings. The number of allylic oxidation sites excluding steroid dienone is 4. The van der Waals surface area contributed by atoms with Gasteiger partial charge in [0.25, 0.3) is 0 Å². The van der Waals surface area contributed by atoms with Gasteiger partial charge in [-0.2, -0.15) is 0 Å². The van der Waals surface area contributed by atoms with Crippen LogP contribution in [0.2, 0.25) is 0 Å². The standard InChI is InChI=1S/C12H12FNOS/c1-7-5-8(2)11(13)9(6-7)12(15)10-3-4-14-16-10/h3-4,6,8H,5H2,1-2H3. The Balaban J connectivity index is 2.40. The van der Waals surface area contributed by atoms with Crippen molar-refractivity contribution in [3.63, 3.8) is 0 Å². The van der Waals surface area contributed by atoms with Gasteiger partial charge < -0.3 is 0 Å². The second-order valence-corrected chi connectivity index (χ2v) is 4.90. The maximum absolute atomic E-state index is 13.9. The SMILES string of the molecule is CC1=CC(C(=O)c2ccns2)=C(F)C(C)C1. The molecule has 2 rings (SSSR count). The van der Waals surface area contributed by atoms with E-state index in [0.717, 1.165) is 17.1 Å². The number of hydrogen-bond donors (Lipinski definition) is 0. The number of carbonyl (C=O) groups excluding carboxylic acids is 1. The van der Waals surface area contributed by atoms with Crippen LogP contribution >= 0.6 is 11.5 Å². The molecule has 1 aromatic rings. The zero-order valence-corrected chi connectivity index (χ0v) is 9.97. The van der Waals surface area contributed by atoms with Gasteiger partial charge in [-0.15, -0.1) is 0 Å². The van der Waals surface area contributed by atoms with Gasteiger partial charge in [0.15, 0.2) is 0 Å². The van der Waals surface area contributed by atoms with Gasteiger partial charge in [-0.3, -0.25) is 4.79 Å². The first kappa shape index (κ1) is 11.2. The molecule has 0 saturated heterocycles. The first-order chi connectivity index (χ1) is 7.59. The fourth-order valence-corrected chi connectivity index (χ4v) is 2.40. The van der Waals surface area contributed by atoms with Gasteiger partial charge in [0, 0.05) is 12.1 Å². The Bertz CT molecular complexity index is 473. The summed E-state index contributed by atoms with van der Waals surface area (Å²) in [5, 5.41) is 0. The molecule has 16 heavy (non-hydrogen) atoms. The van der Waals surface area contributed by atoms with Crippen molar-refractivity contribution in [2.24, 2.45) is 5.92 Å². The smallest absolute Gasteiger partial charge is 0.207 e. The lowest BCUT2D eigenvalue weighted by molar-refractivity contribution is 0.103. The Morgan fingerprint density at radius 1 is 1.62 bits per heavy atom. The number of hydrogen-bond acceptors (Lipinski definition) is 3. The fourth-order valence-electron chi connectivity index (χ4n) is 1.85. The molecular formula is C12H12FNOS. The van der Waals surface area contributed by atoms with Crippen LogP contribution in [0.5, 0.6) is 0 Å². The van der Waals surface area contributed by atoms with Crippen LogP contribution in [0.4, 0.5) is 4.39 Å². The Morgan fingerprint density at radius 2 is 2.38 bits per heavy atom. The Labute approximate surface area is 97.7 Å². The van der Waals surface area contributed by atoms with Crippen LogP contribution in [-0.2, 0) is 0 Å². The number of ketones is 1. The molecule has 1 aliphatic carbocycles. The lowest BCUT2D eigenvalue weighted by Crippen LogP contribution is -2.11. The molecule has 0 spiro atoms. The number of carbonyl (C=O) groups is 1. The Hall–Kier alpha value is -1.29. The zero-order valence-electron chi connectivity index (χ0n) is 9.16. The molecule has 0 radical (unpaired) electrons. The summed E-state index contributed by atoms with van der Waals surface area (Å²) in [4.78, 5) is 12.5. The van der Waals surface area contributed by atoms with Crippen LogP contribution in [-0.4, -0.2) is 10.2 Å². The molecule has 84 valence electrons. The van der Waals surface area contributed by atoms with Crippen molar-refractivity contribution in [2.75, 3.05) is 0 Å². The average Bonchev–Trinajstić information content (AvgIpc) is 2.75. The predicted molar refractivity (Wildman–Crippen MR) is 62.1 cm³/mol. The largest absolute Gasteiger partial charge is 0.288 e. The van der Waals surface area contributed by atoms with Crippen molar-refractivity contribution >= 4 is 17.3 Å². The molecule has 0 aromatic carbocycles. The van der Waals surface area contributed by atoms with Gasteiger partial charge in [0.1, 0.15) is 5.83 Å². The van der Waals surface area contributed by atoms with Crippen LogP contribution in [0.15, 0.2) is 35.3 Å². The van der Waals surface area contributed by atoms with E-state index >= 15 is 0 Å². The molecule has 0 fully saturated rings. The lowest BCUT2D eigenvalue weighted by atomic mass is 9.89. The number of nitrogens with zero attached hydrogens (tertiary/aromatic N) is 1. The first-order valence-corrected chi connectivity index (χ1v) is 5.89. The zero-order chi connectivity index (χ0) is 11.7. The molecule has 0 bridgehead atoms. The quantitative estimate of drug-likeness (QED) is 0.736. The number of rotatable bonds is 2. The summed E-state index contributed by atoms with van der Waals surface area (Å²) in [5.74, 6) is -0.758. The van der Waals surface area contributed by atoms with E-state index < -0.39 is 0 Å². The van der Waals surface area contributed by atoms with Gasteiger partial charge in [-0.05, 0) is 37.0 Å². The highest BCUT2D eigenvalue weighted by Gasteiger charge is 2.24. The summed E-state index contributed by atoms with van der Waals surface area (Å²) in [6.07, 6.45) is 3.89. The minimum atomic E-state index is -0.302. The van der Waals surface area contributed by atoms with E-state index in [1.165, 1.54) is 0 Å². The van der Waals surface area contributed by atoms with Gasteiger partial charge in [-0.25, -0.2) is 8.76 Å². The van der Waals surface area contributed by atoms with E-state index in [1.807, 2.05) is 6.92 Å². The van der Waals surface area contributed by atoms with E-state index in [4.69, 9.17) is 0 Å². The number of Topliss-reactive ketones (excluding diaryl/α,β-unsaturated/α-hetero) is 1. The molecule has 0 aliphatic heterocycles. The third-order valence-electron chi connectivity index (χ3n) is 2.62. The van der Waals surface area contributed by atoms with Crippen LogP contribution in [0, 0.1) is 5.92 Å². The van der Waals surface area contributed by atoms with Crippen molar-refractivity contribution in [3.05, 3.63) is 40.2 Å². The second-order valence-electron chi connectivity index (χ2n) is 4.06. The van der Waals surface area contributed by atoms with Crippen molar-refractivity contribution in [1.82, 2.24) is 4.37 Å². The summed E-state index contributed by atoms with van der Waals surface area (Å²) in [7, 11) is 0. The van der Waals surface area contributed by atoms with E-state index in [0.29, 0.717) is 11.3 Å². The van der Waals surface area contributed by atoms with Crippen molar-refractivity contribution in [1.29, 1.82) is 0 Å². The molecule has 0 saturated carbocycles. The second kappa shape index (κ2) is 4.29. The highest BCUT2D eigenvalue weighted by atomic mass is 32.1. The minimum Gasteiger partial charge on any atom is -0.288 e. The van der Waals surface area contributed by atoms with Crippen molar-refractivity contribution in [2.45, 2.75) is 20.3 Å². The molecule has 0 amide bonds. The lowest BCUT2D eigenvalue weighted by Gasteiger charge is -2.17. The summed E-state index contributed by atoms with van der Waals surface area (Å²) < 4.78 is 17.7. The van der Waals surface area contributed by atoms with Crippen LogP contribution < -0.4 is 0 Å². The number of halogens is 1. The fraction of sp³-hybridized carbons (Fsp3) is 0.333. The average molecular weight is 237 g/mol. The van der Waals surface area contributed by atoms with Crippen molar-refractivity contribution in [3.8, 4) is 0 Å². The molecule has 1 atom stereocenters. The maximum atomic E-state index is 13.9. The van der Waals surface area contributed by atoms with Gasteiger partial charge >= 0.3 is 0 Å². The van der Waals surface area contributed by atoms with E-state index in [-0.39, 0.29) is 23.1 Å². The number of aromatic nitrogens is 1. The summed E-state index contributed by atoms with van der Waals surface area (Å²) in [6, 6.07) is 1.62. The Morgan fingerprint density at radius 3 is 3.00 bits per heavy atom. The highest BCUT2D eigenvalue weighted by molar-refractivity contribution is 7.08.